The molecule has 0 saturated carbocycles. The highest BCUT2D eigenvalue weighted by Gasteiger charge is 2.26. The Labute approximate surface area is 122 Å². The van der Waals surface area contributed by atoms with Crippen LogP contribution in [0.2, 0.25) is 5.02 Å². The molecule has 0 fully saturated rings. The summed E-state index contributed by atoms with van der Waals surface area (Å²) in [6.45, 7) is 1.77. The summed E-state index contributed by atoms with van der Waals surface area (Å²) in [6.07, 6.45) is 0.724. The summed E-state index contributed by atoms with van der Waals surface area (Å²) in [7, 11) is -2.64. The highest BCUT2D eigenvalue weighted by atomic mass is 35.5. The summed E-state index contributed by atoms with van der Waals surface area (Å²) >= 11 is 5.86. The van der Waals surface area contributed by atoms with Crippen molar-refractivity contribution in [2.45, 2.75) is 30.7 Å². The van der Waals surface area contributed by atoms with Crippen molar-refractivity contribution in [3.05, 3.63) is 23.2 Å². The third-order valence-electron chi connectivity index (χ3n) is 2.60. The number of carboxylic acids is 1. The fraction of sp³-hybridized carbons (Fsp3) is 0.417. The van der Waals surface area contributed by atoms with E-state index in [1.165, 1.54) is 25.3 Å². The van der Waals surface area contributed by atoms with E-state index in [4.69, 9.17) is 21.4 Å². The van der Waals surface area contributed by atoms with Gasteiger partial charge in [0.15, 0.2) is 0 Å². The minimum atomic E-state index is -4.03. The standard InChI is InChI=1S/C12H16ClNO5S/c1-3-4-10(12(15)16)14-20(17,18)11-7-8(19-2)5-6-9(11)13/h5-7,10,14H,3-4H2,1-2H3,(H,15,16). The lowest BCUT2D eigenvalue weighted by Crippen LogP contribution is -2.40. The first-order valence-corrected chi connectivity index (χ1v) is 7.76. The predicted molar refractivity (Wildman–Crippen MR) is 74.7 cm³/mol. The SMILES string of the molecule is CCCC(NS(=O)(=O)c1cc(OC)ccc1Cl)C(=O)O. The van der Waals surface area contributed by atoms with E-state index in [2.05, 4.69) is 4.72 Å². The molecular formula is C12H16ClNO5S. The zero-order chi connectivity index (χ0) is 15.3. The second-order valence-corrected chi connectivity index (χ2v) is 6.19. The molecule has 0 aliphatic rings. The molecule has 20 heavy (non-hydrogen) atoms. The van der Waals surface area contributed by atoms with Gasteiger partial charge in [-0.3, -0.25) is 4.79 Å². The van der Waals surface area contributed by atoms with Gasteiger partial charge in [0.05, 0.1) is 12.1 Å². The lowest BCUT2D eigenvalue weighted by molar-refractivity contribution is -0.139. The van der Waals surface area contributed by atoms with Crippen molar-refractivity contribution >= 4 is 27.6 Å². The Bertz CT molecular complexity index is 588. The van der Waals surface area contributed by atoms with Gasteiger partial charge in [0.1, 0.15) is 16.7 Å². The maximum atomic E-state index is 12.2. The summed E-state index contributed by atoms with van der Waals surface area (Å²) in [5, 5.41) is 9.00. The zero-order valence-electron chi connectivity index (χ0n) is 11.1. The number of halogens is 1. The summed E-state index contributed by atoms with van der Waals surface area (Å²) in [6, 6.07) is 2.95. The minimum Gasteiger partial charge on any atom is -0.497 e. The normalized spacial score (nSPS) is 12.9. The van der Waals surface area contributed by atoms with Gasteiger partial charge in [-0.25, -0.2) is 8.42 Å². The summed E-state index contributed by atoms with van der Waals surface area (Å²) in [4.78, 5) is 10.8. The molecule has 1 atom stereocenters. The molecular weight excluding hydrogens is 306 g/mol. The third-order valence-corrected chi connectivity index (χ3v) is 4.55. The van der Waals surface area contributed by atoms with Gasteiger partial charge in [0.25, 0.3) is 0 Å². The van der Waals surface area contributed by atoms with Crippen LogP contribution in [0, 0.1) is 0 Å². The summed E-state index contributed by atoms with van der Waals surface area (Å²) in [5.74, 6) is -0.911. The minimum absolute atomic E-state index is 0.000984. The Balaban J connectivity index is 3.13. The molecule has 2 N–H and O–H groups in total. The molecule has 0 amide bonds. The van der Waals surface area contributed by atoms with E-state index in [1.807, 2.05) is 0 Å². The van der Waals surface area contributed by atoms with Crippen molar-refractivity contribution in [3.8, 4) is 5.75 Å². The number of rotatable bonds is 7. The molecule has 0 spiro atoms. The summed E-state index contributed by atoms with van der Waals surface area (Å²) < 4.78 is 31.5. The first kappa shape index (κ1) is 16.7. The van der Waals surface area contributed by atoms with Crippen LogP contribution in [0.15, 0.2) is 23.1 Å². The Morgan fingerprint density at radius 1 is 1.50 bits per heavy atom. The van der Waals surface area contributed by atoms with Gasteiger partial charge in [-0.05, 0) is 18.6 Å². The van der Waals surface area contributed by atoms with E-state index in [9.17, 15) is 13.2 Å². The van der Waals surface area contributed by atoms with Crippen molar-refractivity contribution in [2.24, 2.45) is 0 Å². The average Bonchev–Trinajstić information content (AvgIpc) is 2.38. The molecule has 8 heteroatoms. The van der Waals surface area contributed by atoms with Gasteiger partial charge in [-0.15, -0.1) is 0 Å². The molecule has 0 saturated heterocycles. The summed E-state index contributed by atoms with van der Waals surface area (Å²) in [5.41, 5.74) is 0. The zero-order valence-corrected chi connectivity index (χ0v) is 12.7. The fourth-order valence-corrected chi connectivity index (χ4v) is 3.33. The largest absolute Gasteiger partial charge is 0.497 e. The van der Waals surface area contributed by atoms with Gasteiger partial charge in [0.2, 0.25) is 10.0 Å². The number of ether oxygens (including phenoxy) is 1. The van der Waals surface area contributed by atoms with E-state index < -0.39 is 22.0 Å². The second kappa shape index (κ2) is 6.92. The number of carboxylic acid groups (broad SMARTS) is 1. The van der Waals surface area contributed by atoms with E-state index in [0.717, 1.165) is 0 Å². The Morgan fingerprint density at radius 3 is 2.65 bits per heavy atom. The highest BCUT2D eigenvalue weighted by Crippen LogP contribution is 2.26. The van der Waals surface area contributed by atoms with Crippen LogP contribution in [-0.4, -0.2) is 32.6 Å². The van der Waals surface area contributed by atoms with Gasteiger partial charge in [-0.2, -0.15) is 4.72 Å². The van der Waals surface area contributed by atoms with Crippen LogP contribution in [-0.2, 0) is 14.8 Å². The van der Waals surface area contributed by atoms with E-state index in [1.54, 1.807) is 6.92 Å². The van der Waals surface area contributed by atoms with Crippen molar-refractivity contribution in [2.75, 3.05) is 7.11 Å². The Kier molecular flexibility index (Phi) is 5.79. The quantitative estimate of drug-likeness (QED) is 0.800. The average molecular weight is 322 g/mol. The van der Waals surface area contributed by atoms with Crippen LogP contribution in [0.3, 0.4) is 0 Å². The van der Waals surface area contributed by atoms with Gasteiger partial charge < -0.3 is 9.84 Å². The first-order valence-electron chi connectivity index (χ1n) is 5.90. The molecule has 1 aromatic rings. The van der Waals surface area contributed by atoms with Crippen LogP contribution in [0.4, 0.5) is 0 Å². The Hall–Kier alpha value is -1.31. The first-order chi connectivity index (χ1) is 9.31. The molecule has 0 bridgehead atoms. The lowest BCUT2D eigenvalue weighted by Gasteiger charge is -2.15. The van der Waals surface area contributed by atoms with Gasteiger partial charge in [0, 0.05) is 6.07 Å². The number of hydrogen-bond donors (Lipinski definition) is 2. The lowest BCUT2D eigenvalue weighted by atomic mass is 10.2. The molecule has 1 unspecified atom stereocenters. The molecule has 0 aliphatic carbocycles. The topological polar surface area (TPSA) is 92.7 Å². The van der Waals surface area contributed by atoms with Crippen LogP contribution >= 0.6 is 11.6 Å². The third kappa shape index (κ3) is 4.09. The smallest absolute Gasteiger partial charge is 0.321 e. The van der Waals surface area contributed by atoms with Crippen LogP contribution in [0.25, 0.3) is 0 Å². The maximum absolute atomic E-state index is 12.2. The van der Waals surface area contributed by atoms with Gasteiger partial charge in [-0.1, -0.05) is 24.9 Å². The molecule has 0 radical (unpaired) electrons. The van der Waals surface area contributed by atoms with Crippen molar-refractivity contribution in [1.82, 2.24) is 4.72 Å². The molecule has 6 nitrogen and oxygen atoms in total. The van der Waals surface area contributed by atoms with Crippen LogP contribution < -0.4 is 9.46 Å². The van der Waals surface area contributed by atoms with Crippen molar-refractivity contribution in [1.29, 1.82) is 0 Å². The molecule has 1 aromatic carbocycles. The molecule has 0 aromatic heterocycles. The maximum Gasteiger partial charge on any atom is 0.321 e. The van der Waals surface area contributed by atoms with Crippen LogP contribution in [0.1, 0.15) is 19.8 Å². The fourth-order valence-electron chi connectivity index (χ4n) is 1.59. The number of hydrogen-bond acceptors (Lipinski definition) is 4. The van der Waals surface area contributed by atoms with Crippen LogP contribution in [0.5, 0.6) is 5.75 Å². The van der Waals surface area contributed by atoms with Crippen molar-refractivity contribution in [3.63, 3.8) is 0 Å². The highest BCUT2D eigenvalue weighted by molar-refractivity contribution is 7.89. The number of aliphatic carboxylic acids is 1. The van der Waals surface area contributed by atoms with Crippen molar-refractivity contribution < 1.29 is 23.1 Å². The second-order valence-electron chi connectivity index (χ2n) is 4.10. The number of carbonyl (C=O) groups is 1. The molecule has 0 heterocycles. The van der Waals surface area contributed by atoms with E-state index in [0.29, 0.717) is 12.2 Å². The Morgan fingerprint density at radius 2 is 2.15 bits per heavy atom. The van der Waals surface area contributed by atoms with Gasteiger partial charge >= 0.3 is 5.97 Å². The number of methoxy groups -OCH3 is 1. The predicted octanol–water partition coefficient (Wildman–Crippen LogP) is 1.88. The molecule has 0 aliphatic heterocycles. The number of benzene rings is 1. The van der Waals surface area contributed by atoms with E-state index >= 15 is 0 Å². The number of sulfonamides is 1. The molecule has 1 rings (SSSR count). The van der Waals surface area contributed by atoms with E-state index in [-0.39, 0.29) is 16.3 Å². The molecule has 112 valence electrons. The number of nitrogens with one attached hydrogen (secondary N) is 1. The monoisotopic (exact) mass is 321 g/mol.